The number of imidazole rings is 1. The monoisotopic (exact) mass is 480 g/mol. The fourth-order valence-corrected chi connectivity index (χ4v) is 6.30. The van der Waals surface area contributed by atoms with Crippen LogP contribution in [0.25, 0.3) is 11.0 Å². The van der Waals surface area contributed by atoms with E-state index in [0.717, 1.165) is 36.1 Å². The van der Waals surface area contributed by atoms with Gasteiger partial charge in [0.25, 0.3) is 0 Å². The quantitative estimate of drug-likeness (QED) is 0.313. The average molecular weight is 481 g/mol. The normalized spacial score (nSPS) is 19.5. The molecule has 1 aliphatic rings. The van der Waals surface area contributed by atoms with E-state index in [1.165, 1.54) is 24.1 Å². The van der Waals surface area contributed by atoms with Crippen molar-refractivity contribution in [2.24, 2.45) is 17.8 Å². The first-order valence-electron chi connectivity index (χ1n) is 12.6. The highest BCUT2D eigenvalue weighted by molar-refractivity contribution is 7.09. The maximum atomic E-state index is 13.1. The van der Waals surface area contributed by atoms with Crippen LogP contribution < -0.4 is 0 Å². The van der Waals surface area contributed by atoms with Crippen molar-refractivity contribution in [2.75, 3.05) is 0 Å². The molecule has 2 heterocycles. The number of hydrogen-bond donors (Lipinski definition) is 1. The Morgan fingerprint density at radius 3 is 2.65 bits per heavy atom. The van der Waals surface area contributed by atoms with Crippen molar-refractivity contribution in [3.63, 3.8) is 0 Å². The van der Waals surface area contributed by atoms with Crippen molar-refractivity contribution in [2.45, 2.75) is 78.2 Å². The van der Waals surface area contributed by atoms with Crippen LogP contribution in [-0.4, -0.2) is 26.4 Å². The van der Waals surface area contributed by atoms with Gasteiger partial charge in [-0.1, -0.05) is 39.7 Å². The Bertz CT molecular complexity index is 1130. The summed E-state index contributed by atoms with van der Waals surface area (Å²) in [5.74, 6) is 1.05. The molecule has 1 N–H and O–H groups in total. The molecule has 0 bridgehead atoms. The van der Waals surface area contributed by atoms with Crippen molar-refractivity contribution in [1.29, 1.82) is 0 Å². The van der Waals surface area contributed by atoms with Crippen molar-refractivity contribution >= 4 is 34.1 Å². The third kappa shape index (κ3) is 5.77. The van der Waals surface area contributed by atoms with Gasteiger partial charge in [0.1, 0.15) is 5.82 Å². The van der Waals surface area contributed by atoms with Crippen LogP contribution in [0.5, 0.6) is 0 Å². The Kier molecular flexibility index (Phi) is 7.87. The zero-order valence-electron chi connectivity index (χ0n) is 20.5. The van der Waals surface area contributed by atoms with Gasteiger partial charge in [0.15, 0.2) is 5.78 Å². The number of carbonyl (C=O) groups is 2. The summed E-state index contributed by atoms with van der Waals surface area (Å²) in [6.07, 6.45) is 6.76. The van der Waals surface area contributed by atoms with Crippen molar-refractivity contribution in [3.8, 4) is 0 Å². The molecule has 0 amide bonds. The molecule has 1 fully saturated rings. The minimum Gasteiger partial charge on any atom is -0.481 e. The third-order valence-corrected chi connectivity index (χ3v) is 8.01. The van der Waals surface area contributed by atoms with Crippen LogP contribution in [-0.2, 0) is 11.2 Å². The molecular weight excluding hydrogens is 444 g/mol. The Balaban J connectivity index is 1.66. The molecule has 3 atom stereocenters. The number of ketones is 1. The first-order valence-corrected chi connectivity index (χ1v) is 13.5. The summed E-state index contributed by atoms with van der Waals surface area (Å²) < 4.78 is 2.44. The van der Waals surface area contributed by atoms with E-state index in [-0.39, 0.29) is 24.5 Å². The van der Waals surface area contributed by atoms with Gasteiger partial charge in [0, 0.05) is 35.7 Å². The second-order valence-electron chi connectivity index (χ2n) is 10.4. The molecule has 3 aromatic rings. The molecule has 1 aliphatic carbocycles. The van der Waals surface area contributed by atoms with E-state index in [1.54, 1.807) is 11.3 Å². The molecule has 1 aromatic carbocycles. The molecule has 0 aliphatic heterocycles. The standard InChI is InChI=1S/C28H36N2O3S/c1-18(2)13-20(15-28(32)33)14-26(31)21-10-11-25-23(16-21)29-27(17-22-8-6-12-34-22)30(25)24-9-5-4-7-19(24)3/h6,8,10-12,16,18-20,24H,4-5,7,9,13-15,17H2,1-3H3,(H,32,33)/t19?,20-,24?/m1/s1. The topological polar surface area (TPSA) is 72.2 Å². The number of fused-ring (bicyclic) bond motifs is 1. The van der Waals surface area contributed by atoms with E-state index in [4.69, 9.17) is 4.98 Å². The van der Waals surface area contributed by atoms with Crippen LogP contribution in [0.1, 0.15) is 92.8 Å². The number of aromatic nitrogens is 2. The van der Waals surface area contributed by atoms with Gasteiger partial charge in [-0.15, -0.1) is 11.3 Å². The van der Waals surface area contributed by atoms with Crippen LogP contribution in [0.15, 0.2) is 35.7 Å². The molecule has 182 valence electrons. The second-order valence-corrected chi connectivity index (χ2v) is 11.4. The van der Waals surface area contributed by atoms with E-state index in [0.29, 0.717) is 23.4 Å². The number of rotatable bonds is 10. The number of nitrogens with zero attached hydrogens (tertiary/aromatic N) is 2. The summed E-state index contributed by atoms with van der Waals surface area (Å²) in [6.45, 7) is 6.48. The van der Waals surface area contributed by atoms with Gasteiger partial charge >= 0.3 is 5.97 Å². The summed E-state index contributed by atoms with van der Waals surface area (Å²) in [6, 6.07) is 10.6. The van der Waals surface area contributed by atoms with Crippen molar-refractivity contribution < 1.29 is 14.7 Å². The highest BCUT2D eigenvalue weighted by Gasteiger charge is 2.27. The predicted octanol–water partition coefficient (Wildman–Crippen LogP) is 7.15. The molecule has 2 unspecified atom stereocenters. The van der Waals surface area contributed by atoms with Gasteiger partial charge in [-0.25, -0.2) is 4.98 Å². The maximum Gasteiger partial charge on any atom is 0.303 e. The number of carboxylic acid groups (broad SMARTS) is 1. The first-order chi connectivity index (χ1) is 16.3. The summed E-state index contributed by atoms with van der Waals surface area (Å²) >= 11 is 1.75. The Labute approximate surface area is 206 Å². The molecule has 0 saturated heterocycles. The molecule has 1 saturated carbocycles. The van der Waals surface area contributed by atoms with Crippen LogP contribution in [0, 0.1) is 17.8 Å². The lowest BCUT2D eigenvalue weighted by atomic mass is 9.85. The SMILES string of the molecule is CC(C)C[C@@H](CC(=O)O)CC(=O)c1ccc2c(c1)nc(Cc1cccs1)n2C1CCCCC1C. The largest absolute Gasteiger partial charge is 0.481 e. The molecule has 2 aromatic heterocycles. The molecular formula is C28H36N2O3S. The number of carboxylic acids is 1. The predicted molar refractivity (Wildman–Crippen MR) is 138 cm³/mol. The average Bonchev–Trinajstić information content (AvgIpc) is 3.40. The van der Waals surface area contributed by atoms with Crippen molar-refractivity contribution in [3.05, 3.63) is 52.0 Å². The Morgan fingerprint density at radius 1 is 1.18 bits per heavy atom. The lowest BCUT2D eigenvalue weighted by Crippen LogP contribution is -2.22. The van der Waals surface area contributed by atoms with E-state index < -0.39 is 5.97 Å². The van der Waals surface area contributed by atoms with E-state index in [1.807, 2.05) is 12.1 Å². The number of benzene rings is 1. The second kappa shape index (κ2) is 10.9. The number of hydrogen-bond acceptors (Lipinski definition) is 4. The fourth-order valence-electron chi connectivity index (χ4n) is 5.60. The molecule has 0 spiro atoms. The van der Waals surface area contributed by atoms with Gasteiger partial charge in [-0.05, 0) is 66.7 Å². The Hall–Kier alpha value is -2.47. The van der Waals surface area contributed by atoms with Crippen LogP contribution in [0.2, 0.25) is 0 Å². The number of thiophene rings is 1. The van der Waals surface area contributed by atoms with Crippen LogP contribution >= 0.6 is 11.3 Å². The summed E-state index contributed by atoms with van der Waals surface area (Å²) in [5, 5.41) is 11.4. The Morgan fingerprint density at radius 2 is 1.97 bits per heavy atom. The lowest BCUT2D eigenvalue weighted by molar-refractivity contribution is -0.138. The smallest absolute Gasteiger partial charge is 0.303 e. The molecule has 0 radical (unpaired) electrons. The van der Waals surface area contributed by atoms with Gasteiger partial charge in [0.05, 0.1) is 11.0 Å². The zero-order valence-corrected chi connectivity index (χ0v) is 21.3. The summed E-state index contributed by atoms with van der Waals surface area (Å²) in [4.78, 5) is 30.8. The molecule has 34 heavy (non-hydrogen) atoms. The number of carbonyl (C=O) groups excluding carboxylic acids is 1. The van der Waals surface area contributed by atoms with Crippen molar-refractivity contribution in [1.82, 2.24) is 9.55 Å². The van der Waals surface area contributed by atoms with E-state index in [2.05, 4.69) is 48.9 Å². The van der Waals surface area contributed by atoms with Crippen LogP contribution in [0.3, 0.4) is 0 Å². The highest BCUT2D eigenvalue weighted by atomic mass is 32.1. The molecule has 6 heteroatoms. The maximum absolute atomic E-state index is 13.1. The fraction of sp³-hybridized carbons (Fsp3) is 0.536. The molecule has 4 rings (SSSR count). The van der Waals surface area contributed by atoms with Gasteiger partial charge in [-0.2, -0.15) is 0 Å². The summed E-state index contributed by atoms with van der Waals surface area (Å²) in [7, 11) is 0. The number of Topliss-reactive ketones (excluding diaryl/α,β-unsaturated/α-hetero) is 1. The van der Waals surface area contributed by atoms with E-state index in [9.17, 15) is 14.7 Å². The van der Waals surface area contributed by atoms with Gasteiger partial charge < -0.3 is 9.67 Å². The summed E-state index contributed by atoms with van der Waals surface area (Å²) in [5.41, 5.74) is 2.61. The van der Waals surface area contributed by atoms with Gasteiger partial charge in [-0.3, -0.25) is 9.59 Å². The zero-order chi connectivity index (χ0) is 24.2. The highest BCUT2D eigenvalue weighted by Crippen LogP contribution is 2.37. The minimum atomic E-state index is -0.840. The van der Waals surface area contributed by atoms with E-state index >= 15 is 0 Å². The minimum absolute atomic E-state index is 0.00851. The molecule has 5 nitrogen and oxygen atoms in total. The third-order valence-electron chi connectivity index (χ3n) is 7.14. The first kappa shape index (κ1) is 24.6. The number of aliphatic carboxylic acids is 1. The van der Waals surface area contributed by atoms with Gasteiger partial charge in [0.2, 0.25) is 0 Å². The lowest BCUT2D eigenvalue weighted by Gasteiger charge is -2.31. The van der Waals surface area contributed by atoms with Crippen LogP contribution in [0.4, 0.5) is 0 Å².